The molecule has 2 amide bonds. The van der Waals surface area contributed by atoms with E-state index in [1.807, 2.05) is 0 Å². The van der Waals surface area contributed by atoms with Gasteiger partial charge in [-0.2, -0.15) is 0 Å². The van der Waals surface area contributed by atoms with Gasteiger partial charge in [0.15, 0.2) is 0 Å². The van der Waals surface area contributed by atoms with Gasteiger partial charge in [0, 0.05) is 13.0 Å². The number of nitrogens with zero attached hydrogens (tertiary/aromatic N) is 2. The fraction of sp³-hybridized carbons (Fsp3) is 0.636. The summed E-state index contributed by atoms with van der Waals surface area (Å²) in [5.74, 6) is 0.207. The second kappa shape index (κ2) is 6.07. The first kappa shape index (κ1) is 13.9. The zero-order valence-electron chi connectivity index (χ0n) is 10.9. The van der Waals surface area contributed by atoms with E-state index < -0.39 is 6.04 Å². The molecule has 104 valence electrons. The van der Waals surface area contributed by atoms with E-state index >= 15 is 0 Å². The Labute approximate surface area is 115 Å². The van der Waals surface area contributed by atoms with Crippen LogP contribution in [0.15, 0.2) is 0 Å². The molecule has 1 fully saturated rings. The summed E-state index contributed by atoms with van der Waals surface area (Å²) < 4.78 is 0. The highest BCUT2D eigenvalue weighted by molar-refractivity contribution is 7.15. The van der Waals surface area contributed by atoms with Crippen LogP contribution in [0.5, 0.6) is 0 Å². The van der Waals surface area contributed by atoms with Crippen LogP contribution in [0.3, 0.4) is 0 Å². The number of anilines is 1. The quantitative estimate of drug-likeness (QED) is 0.709. The van der Waals surface area contributed by atoms with Gasteiger partial charge in [0.1, 0.15) is 11.0 Å². The van der Waals surface area contributed by atoms with Crippen molar-refractivity contribution in [1.82, 2.24) is 20.8 Å². The number of amides is 2. The van der Waals surface area contributed by atoms with Crippen molar-refractivity contribution in [2.75, 3.05) is 18.4 Å². The van der Waals surface area contributed by atoms with Crippen LogP contribution >= 0.6 is 11.3 Å². The van der Waals surface area contributed by atoms with Crippen molar-refractivity contribution in [2.45, 2.75) is 26.3 Å². The average Bonchev–Trinajstić information content (AvgIpc) is 2.76. The van der Waals surface area contributed by atoms with E-state index in [9.17, 15) is 9.59 Å². The van der Waals surface area contributed by atoms with Gasteiger partial charge in [0.2, 0.25) is 16.9 Å². The van der Waals surface area contributed by atoms with Crippen LogP contribution in [-0.4, -0.2) is 41.1 Å². The lowest BCUT2D eigenvalue weighted by Crippen LogP contribution is -2.56. The Morgan fingerprint density at radius 2 is 2.32 bits per heavy atom. The molecule has 0 radical (unpaired) electrons. The van der Waals surface area contributed by atoms with Crippen LogP contribution in [0.1, 0.15) is 18.9 Å². The Hall–Kier alpha value is -1.54. The third-order valence-corrected chi connectivity index (χ3v) is 3.47. The summed E-state index contributed by atoms with van der Waals surface area (Å²) in [5, 5.41) is 17.6. The van der Waals surface area contributed by atoms with E-state index in [0.717, 1.165) is 11.4 Å². The van der Waals surface area contributed by atoms with Gasteiger partial charge in [0.05, 0.1) is 6.54 Å². The lowest BCUT2D eigenvalue weighted by molar-refractivity contribution is -0.124. The minimum atomic E-state index is -0.421. The molecule has 19 heavy (non-hydrogen) atoms. The molecule has 0 aliphatic carbocycles. The second-order valence-corrected chi connectivity index (χ2v) is 5.89. The van der Waals surface area contributed by atoms with E-state index in [2.05, 4.69) is 40.0 Å². The maximum absolute atomic E-state index is 11.9. The highest BCUT2D eigenvalue weighted by Gasteiger charge is 2.24. The first-order valence-electron chi connectivity index (χ1n) is 6.18. The standard InChI is InChI=1S/C11H17N5O2S/c1-6(2)3-9-15-16-11(19-9)14-10(18)7-4-13-8(17)5-12-7/h6-7,12H,3-5H2,1-2H3,(H,13,17)(H,14,16,18). The predicted octanol–water partition coefficient (Wildman–Crippen LogP) is -0.237. The summed E-state index contributed by atoms with van der Waals surface area (Å²) in [4.78, 5) is 22.9. The van der Waals surface area contributed by atoms with Crippen molar-refractivity contribution in [3.05, 3.63) is 5.01 Å². The molecule has 8 heteroatoms. The summed E-state index contributed by atoms with van der Waals surface area (Å²) in [7, 11) is 0. The van der Waals surface area contributed by atoms with E-state index in [1.165, 1.54) is 11.3 Å². The Bertz CT molecular complexity index is 463. The molecule has 0 spiro atoms. The molecule has 1 aliphatic heterocycles. The third kappa shape index (κ3) is 3.97. The van der Waals surface area contributed by atoms with Crippen molar-refractivity contribution in [3.63, 3.8) is 0 Å². The molecule has 7 nitrogen and oxygen atoms in total. The summed E-state index contributed by atoms with van der Waals surface area (Å²) in [6.45, 7) is 4.66. The van der Waals surface area contributed by atoms with Crippen LogP contribution in [0, 0.1) is 5.92 Å². The number of hydrogen-bond donors (Lipinski definition) is 3. The molecule has 0 bridgehead atoms. The molecule has 1 saturated heterocycles. The van der Waals surface area contributed by atoms with Crippen LogP contribution < -0.4 is 16.0 Å². The Morgan fingerprint density at radius 3 is 2.95 bits per heavy atom. The topological polar surface area (TPSA) is 96.0 Å². The van der Waals surface area contributed by atoms with Crippen molar-refractivity contribution < 1.29 is 9.59 Å². The minimum Gasteiger partial charge on any atom is -0.353 e. The van der Waals surface area contributed by atoms with E-state index in [0.29, 0.717) is 17.6 Å². The number of piperazine rings is 1. The molecule has 1 unspecified atom stereocenters. The lowest BCUT2D eigenvalue weighted by Gasteiger charge is -2.22. The molecule has 2 heterocycles. The molecule has 0 saturated carbocycles. The van der Waals surface area contributed by atoms with Crippen LogP contribution in [0.4, 0.5) is 5.13 Å². The molecule has 1 aromatic rings. The van der Waals surface area contributed by atoms with Gasteiger partial charge >= 0.3 is 0 Å². The summed E-state index contributed by atoms with van der Waals surface area (Å²) in [6.07, 6.45) is 0.852. The number of carbonyl (C=O) groups is 2. The van der Waals surface area contributed by atoms with Crippen molar-refractivity contribution >= 4 is 28.3 Å². The third-order valence-electron chi connectivity index (χ3n) is 2.61. The van der Waals surface area contributed by atoms with E-state index in [1.54, 1.807) is 0 Å². The monoisotopic (exact) mass is 283 g/mol. The van der Waals surface area contributed by atoms with Crippen molar-refractivity contribution in [2.24, 2.45) is 5.92 Å². The zero-order valence-corrected chi connectivity index (χ0v) is 11.7. The molecule has 0 aromatic carbocycles. The highest BCUT2D eigenvalue weighted by atomic mass is 32.1. The molecule has 2 rings (SSSR count). The number of carbonyl (C=O) groups excluding carboxylic acids is 2. The van der Waals surface area contributed by atoms with Crippen LogP contribution in [0.2, 0.25) is 0 Å². The normalized spacial score (nSPS) is 19.3. The Morgan fingerprint density at radius 1 is 1.53 bits per heavy atom. The fourth-order valence-electron chi connectivity index (χ4n) is 1.68. The van der Waals surface area contributed by atoms with Crippen molar-refractivity contribution in [3.8, 4) is 0 Å². The van der Waals surface area contributed by atoms with Crippen LogP contribution in [0.25, 0.3) is 0 Å². The number of aromatic nitrogens is 2. The molecule has 1 aliphatic rings. The molecule has 1 atom stereocenters. The molecular weight excluding hydrogens is 266 g/mol. The van der Waals surface area contributed by atoms with Crippen LogP contribution in [-0.2, 0) is 16.0 Å². The Balaban J connectivity index is 1.88. The van der Waals surface area contributed by atoms with Gasteiger partial charge < -0.3 is 5.32 Å². The fourth-order valence-corrected chi connectivity index (χ4v) is 2.63. The maximum Gasteiger partial charge on any atom is 0.245 e. The summed E-state index contributed by atoms with van der Waals surface area (Å²) >= 11 is 1.38. The minimum absolute atomic E-state index is 0.0980. The number of nitrogens with one attached hydrogen (secondary N) is 3. The summed E-state index contributed by atoms with van der Waals surface area (Å²) in [6, 6.07) is -0.421. The number of rotatable bonds is 4. The van der Waals surface area contributed by atoms with Gasteiger partial charge in [-0.1, -0.05) is 25.2 Å². The predicted molar refractivity (Wildman–Crippen MR) is 71.9 cm³/mol. The van der Waals surface area contributed by atoms with E-state index in [4.69, 9.17) is 0 Å². The largest absolute Gasteiger partial charge is 0.353 e. The molecule has 3 N–H and O–H groups in total. The average molecular weight is 283 g/mol. The first-order valence-corrected chi connectivity index (χ1v) is 6.99. The zero-order chi connectivity index (χ0) is 13.8. The first-order chi connectivity index (χ1) is 9.04. The van der Waals surface area contributed by atoms with E-state index in [-0.39, 0.29) is 18.4 Å². The van der Waals surface area contributed by atoms with Gasteiger partial charge in [-0.05, 0) is 5.92 Å². The second-order valence-electron chi connectivity index (χ2n) is 4.83. The van der Waals surface area contributed by atoms with Gasteiger partial charge in [-0.15, -0.1) is 10.2 Å². The SMILES string of the molecule is CC(C)Cc1nnc(NC(=O)C2CNC(=O)CN2)s1. The maximum atomic E-state index is 11.9. The molecular formula is C11H17N5O2S. The van der Waals surface area contributed by atoms with Crippen molar-refractivity contribution in [1.29, 1.82) is 0 Å². The summed E-state index contributed by atoms with van der Waals surface area (Å²) in [5.41, 5.74) is 0. The lowest BCUT2D eigenvalue weighted by atomic mass is 10.1. The van der Waals surface area contributed by atoms with Gasteiger partial charge in [-0.3, -0.25) is 20.2 Å². The van der Waals surface area contributed by atoms with Gasteiger partial charge in [0.25, 0.3) is 0 Å². The number of hydrogen-bond acceptors (Lipinski definition) is 6. The molecule has 1 aromatic heterocycles. The smallest absolute Gasteiger partial charge is 0.245 e. The Kier molecular flexibility index (Phi) is 4.43. The highest BCUT2D eigenvalue weighted by Crippen LogP contribution is 2.18. The van der Waals surface area contributed by atoms with Gasteiger partial charge in [-0.25, -0.2) is 0 Å².